The highest BCUT2D eigenvalue weighted by molar-refractivity contribution is 6.29. The Balaban J connectivity index is 0.602. The van der Waals surface area contributed by atoms with Crippen LogP contribution in [0.25, 0.3) is 175 Å². The van der Waals surface area contributed by atoms with Gasteiger partial charge in [-0.15, -0.1) is 0 Å². The molecule has 6 aromatic heterocycles. The summed E-state index contributed by atoms with van der Waals surface area (Å²) < 4.78 is 43.9. The first kappa shape index (κ1) is 73.0. The van der Waals surface area contributed by atoms with Crippen LogP contribution in [0.15, 0.2) is 403 Å². The summed E-state index contributed by atoms with van der Waals surface area (Å²) in [6.45, 7) is 8.63. The fraction of sp³-hybridized carbons (Fsp3) is 0.0508. The van der Waals surface area contributed by atoms with E-state index < -0.39 is 0 Å². The zero-order valence-corrected chi connectivity index (χ0v) is 70.4. The second-order valence-corrected chi connectivity index (χ2v) is 34.1. The molecular weight excluding hydrogens is 1570 g/mol. The fourth-order valence-corrected chi connectivity index (χ4v) is 20.9. The molecule has 10 nitrogen and oxygen atoms in total. The number of anilines is 12. The first-order valence-corrected chi connectivity index (χ1v) is 43.9. The van der Waals surface area contributed by atoms with Gasteiger partial charge >= 0.3 is 0 Å². The SMILES string of the molecule is Cc1ccccc1N(c1cc2c3cc(N(c4ccccc4C)c4cccc5c4oc4c(CCc6cccc7c6oc6c(N(c8ccccc8)c8cc9c%10cc(N(c%11ccccc%11)c%11cccc%12c%11oc%11c(C)cccc%11%12)c%11ccccc%11c%10oc9c9ccccc89)cccc67)cccc45)c4ccccc4c3oc2c2ccccc12)c1cccc2c1oc1c(C)cccc12. The van der Waals surface area contributed by atoms with E-state index in [-0.39, 0.29) is 0 Å². The maximum atomic E-state index is 7.58. The normalized spacial score (nSPS) is 12.1. The first-order chi connectivity index (χ1) is 63.2. The van der Waals surface area contributed by atoms with Gasteiger partial charge in [0.1, 0.15) is 44.7 Å². The summed E-state index contributed by atoms with van der Waals surface area (Å²) in [6.07, 6.45) is 1.35. The van der Waals surface area contributed by atoms with Gasteiger partial charge in [0.2, 0.25) is 0 Å². The van der Waals surface area contributed by atoms with E-state index >= 15 is 0 Å². The lowest BCUT2D eigenvalue weighted by Crippen LogP contribution is -2.12. The highest BCUT2D eigenvalue weighted by atomic mass is 16.4. The van der Waals surface area contributed by atoms with Crippen molar-refractivity contribution in [3.05, 3.63) is 409 Å². The van der Waals surface area contributed by atoms with Crippen LogP contribution in [0, 0.1) is 27.7 Å². The molecule has 606 valence electrons. The summed E-state index contributed by atoms with van der Waals surface area (Å²) in [5, 5.41) is 20.6. The molecule has 0 N–H and O–H groups in total. The third kappa shape index (κ3) is 11.0. The topological polar surface area (TPSA) is 91.8 Å². The highest BCUT2D eigenvalue weighted by Crippen LogP contribution is 2.56. The van der Waals surface area contributed by atoms with Crippen molar-refractivity contribution in [2.45, 2.75) is 40.5 Å². The van der Waals surface area contributed by atoms with Gasteiger partial charge in [-0.05, 0) is 159 Å². The van der Waals surface area contributed by atoms with E-state index in [4.69, 9.17) is 26.5 Å². The van der Waals surface area contributed by atoms with Crippen LogP contribution < -0.4 is 19.6 Å². The summed E-state index contributed by atoms with van der Waals surface area (Å²) in [6, 6.07) is 135. The molecule has 0 bridgehead atoms. The van der Waals surface area contributed by atoms with Crippen LogP contribution in [-0.4, -0.2) is 0 Å². The molecule has 0 saturated carbocycles. The molecule has 26 rings (SSSR count). The van der Waals surface area contributed by atoms with Crippen molar-refractivity contribution in [1.82, 2.24) is 0 Å². The Morgan fingerprint density at radius 1 is 0.148 bits per heavy atom. The predicted octanol–water partition coefficient (Wildman–Crippen LogP) is 34.6. The first-order valence-electron chi connectivity index (χ1n) is 43.9. The molecule has 128 heavy (non-hydrogen) atoms. The van der Waals surface area contributed by atoms with E-state index in [1.807, 2.05) is 0 Å². The van der Waals surface area contributed by atoms with Crippen LogP contribution in [-0.2, 0) is 12.8 Å². The molecule has 0 amide bonds. The van der Waals surface area contributed by atoms with E-state index in [2.05, 4.69) is 423 Å². The van der Waals surface area contributed by atoms with Gasteiger partial charge < -0.3 is 46.1 Å². The summed E-state index contributed by atoms with van der Waals surface area (Å²) in [7, 11) is 0. The Kier molecular flexibility index (Phi) is 16.3. The Bertz CT molecular complexity index is 9140. The van der Waals surface area contributed by atoms with Crippen LogP contribution in [0.5, 0.6) is 0 Å². The van der Waals surface area contributed by atoms with Gasteiger partial charge in [-0.1, -0.05) is 291 Å². The lowest BCUT2D eigenvalue weighted by Gasteiger charge is -2.29. The van der Waals surface area contributed by atoms with Crippen molar-refractivity contribution in [3.8, 4) is 0 Å². The lowest BCUT2D eigenvalue weighted by atomic mass is 9.98. The molecule has 26 aromatic rings. The van der Waals surface area contributed by atoms with E-state index in [1.165, 1.54) is 0 Å². The van der Waals surface area contributed by atoms with Crippen LogP contribution in [0.1, 0.15) is 33.4 Å². The number of benzene rings is 20. The molecule has 0 radical (unpaired) electrons. The number of rotatable bonds is 15. The third-order valence-corrected chi connectivity index (χ3v) is 26.8. The second kappa shape index (κ2) is 28.5. The van der Waals surface area contributed by atoms with Gasteiger partial charge in [-0.2, -0.15) is 0 Å². The molecule has 0 unspecified atom stereocenters. The Morgan fingerprint density at radius 3 is 0.688 bits per heavy atom. The second-order valence-electron chi connectivity index (χ2n) is 34.1. The summed E-state index contributed by atoms with van der Waals surface area (Å²) in [5.74, 6) is 0. The number of hydrogen-bond acceptors (Lipinski definition) is 10. The monoisotopic (exact) mass is 1650 g/mol. The number of hydrogen-bond donors (Lipinski definition) is 0. The van der Waals surface area contributed by atoms with E-state index in [1.54, 1.807) is 0 Å². The molecule has 0 aliphatic carbocycles. The molecule has 0 fully saturated rings. The van der Waals surface area contributed by atoms with Gasteiger partial charge in [0.15, 0.2) is 22.3 Å². The average molecular weight is 1650 g/mol. The summed E-state index contributed by atoms with van der Waals surface area (Å²) in [5.41, 5.74) is 28.3. The van der Waals surface area contributed by atoms with Crippen molar-refractivity contribution in [1.29, 1.82) is 0 Å². The zero-order chi connectivity index (χ0) is 84.7. The molecule has 20 aromatic carbocycles. The van der Waals surface area contributed by atoms with Gasteiger partial charge in [0.05, 0.1) is 45.5 Å². The molecule has 10 heteroatoms. The van der Waals surface area contributed by atoms with Gasteiger partial charge in [0, 0.05) is 130 Å². The van der Waals surface area contributed by atoms with Crippen LogP contribution in [0.4, 0.5) is 68.2 Å². The Labute approximate surface area is 734 Å². The maximum absolute atomic E-state index is 7.58. The maximum Gasteiger partial charge on any atom is 0.159 e. The van der Waals surface area contributed by atoms with Gasteiger partial charge in [0.25, 0.3) is 0 Å². The predicted molar refractivity (Wildman–Crippen MR) is 532 cm³/mol. The smallest absolute Gasteiger partial charge is 0.159 e. The standard InChI is InChI=1S/C118H78N4O6/c1-69-31-11-21-57-97(69)121(101-61-29-54-90-86-50-24-34-72(4)108(86)124-117(90)101)105-67-95-96-68-106(80-44-16-20-48-84(80)114(96)128-113(95)83-47-19-15-43-79(83)105)122(98-58-22-12-32-70(98)2)102-62-30-56-92-88-52-26-36-74(110(88)126-118(92)102)64-63-73-35-25-51-87-91-55-28-60-100(116(91)125-109(73)87)120(76-39-9-6-10-40-76)104-66-94-93-65-103(77-41-13-17-45-81(77)111(93)127-112(94)82-46-18-14-42-78(82)104)119(75-37-7-5-8-38-75)99-59-27-53-89-85-49-23-33-71(3)107(85)123-115(89)99/h5-62,65-68H,63-64H2,1-4H3. The van der Waals surface area contributed by atoms with E-state index in [0.29, 0.717) is 12.8 Å². The quantitative estimate of drug-likeness (QED) is 0.0988. The van der Waals surface area contributed by atoms with Crippen molar-refractivity contribution < 1.29 is 26.5 Å². The lowest BCUT2D eigenvalue weighted by molar-refractivity contribution is 0.656. The minimum atomic E-state index is 0.674. The van der Waals surface area contributed by atoms with Crippen LogP contribution in [0.3, 0.4) is 0 Å². The van der Waals surface area contributed by atoms with E-state index in [0.717, 1.165) is 276 Å². The number of para-hydroxylation sites is 12. The van der Waals surface area contributed by atoms with Gasteiger partial charge in [-0.3, -0.25) is 0 Å². The molecule has 0 aliphatic rings. The molecular formula is C118H78N4O6. The van der Waals surface area contributed by atoms with E-state index in [9.17, 15) is 0 Å². The van der Waals surface area contributed by atoms with Crippen LogP contribution in [0.2, 0.25) is 0 Å². The minimum Gasteiger partial charge on any atom is -0.455 e. The molecule has 0 spiro atoms. The largest absolute Gasteiger partial charge is 0.455 e. The fourth-order valence-electron chi connectivity index (χ4n) is 20.9. The van der Waals surface area contributed by atoms with Gasteiger partial charge in [-0.25, -0.2) is 0 Å². The highest BCUT2D eigenvalue weighted by Gasteiger charge is 2.33. The van der Waals surface area contributed by atoms with Crippen molar-refractivity contribution in [3.63, 3.8) is 0 Å². The summed E-state index contributed by atoms with van der Waals surface area (Å²) >= 11 is 0. The number of aryl methyl sites for hydroxylation is 6. The van der Waals surface area contributed by atoms with Crippen molar-refractivity contribution >= 4 is 243 Å². The summed E-state index contributed by atoms with van der Waals surface area (Å²) in [4.78, 5) is 9.57. The number of nitrogens with zero attached hydrogens (tertiary/aromatic N) is 4. The Hall–Kier alpha value is -16.6. The minimum absolute atomic E-state index is 0.674. The molecule has 0 atom stereocenters. The third-order valence-electron chi connectivity index (χ3n) is 26.8. The Morgan fingerprint density at radius 2 is 0.359 bits per heavy atom. The van der Waals surface area contributed by atoms with Crippen LogP contribution >= 0.6 is 0 Å². The van der Waals surface area contributed by atoms with Crippen molar-refractivity contribution in [2.75, 3.05) is 19.6 Å². The number of fused-ring (bicyclic) bond motifs is 26. The molecule has 6 heterocycles. The van der Waals surface area contributed by atoms with Crippen molar-refractivity contribution in [2.24, 2.45) is 0 Å². The molecule has 0 aliphatic heterocycles. The molecule has 0 saturated heterocycles. The zero-order valence-electron chi connectivity index (χ0n) is 70.4. The number of furan rings is 6. The average Bonchev–Trinajstić information content (AvgIpc) is 1.54.